The molecule has 2 amide bonds. The van der Waals surface area contributed by atoms with Gasteiger partial charge in [-0.1, -0.05) is 24.3 Å². The van der Waals surface area contributed by atoms with E-state index in [4.69, 9.17) is 16.5 Å². The number of amides is 2. The van der Waals surface area contributed by atoms with E-state index in [1.165, 1.54) is 0 Å². The zero-order valence-electron chi connectivity index (χ0n) is 21.6. The zero-order chi connectivity index (χ0) is 26.2. The number of carbonyl (C=O) groups is 2. The summed E-state index contributed by atoms with van der Waals surface area (Å²) in [6.45, 7) is 3.98. The lowest BCUT2D eigenvalue weighted by Crippen LogP contribution is -2.34. The second-order valence-electron chi connectivity index (χ2n) is 11.4. The van der Waals surface area contributed by atoms with E-state index in [1.54, 1.807) is 17.5 Å². The fourth-order valence-electron chi connectivity index (χ4n) is 5.84. The minimum absolute atomic E-state index is 0.0137. The molecule has 0 aliphatic heterocycles. The normalized spacial score (nSPS) is 20.8. The summed E-state index contributed by atoms with van der Waals surface area (Å²) in [6, 6.07) is 12.3. The largest absolute Gasteiger partial charge is 0.369 e. The van der Waals surface area contributed by atoms with Crippen LogP contribution in [0, 0.1) is 17.3 Å². The lowest BCUT2D eigenvalue weighted by molar-refractivity contribution is -0.126. The number of rotatable bonds is 8. The number of nitrogens with zero attached hydrogens (tertiary/aromatic N) is 1. The first-order valence-corrected chi connectivity index (χ1v) is 14.1. The number of pyridine rings is 1. The molecule has 0 bridgehead atoms. The van der Waals surface area contributed by atoms with Gasteiger partial charge < -0.3 is 16.8 Å². The highest BCUT2D eigenvalue weighted by atomic mass is 32.1. The van der Waals surface area contributed by atoms with Crippen LogP contribution in [0.2, 0.25) is 0 Å². The van der Waals surface area contributed by atoms with Gasteiger partial charge in [-0.05, 0) is 98.2 Å². The quantitative estimate of drug-likeness (QED) is 0.337. The molecule has 37 heavy (non-hydrogen) atoms. The fourth-order valence-corrected chi connectivity index (χ4v) is 6.50. The van der Waals surface area contributed by atoms with Crippen LogP contribution in [0.1, 0.15) is 64.4 Å². The van der Waals surface area contributed by atoms with Crippen molar-refractivity contribution in [2.75, 3.05) is 5.32 Å². The van der Waals surface area contributed by atoms with Gasteiger partial charge in [-0.25, -0.2) is 0 Å². The summed E-state index contributed by atoms with van der Waals surface area (Å²) in [7, 11) is 0. The summed E-state index contributed by atoms with van der Waals surface area (Å²) in [5, 5.41) is 7.23. The summed E-state index contributed by atoms with van der Waals surface area (Å²) in [4.78, 5) is 29.6. The molecule has 7 heteroatoms. The van der Waals surface area contributed by atoms with Gasteiger partial charge in [-0.15, -0.1) is 0 Å². The summed E-state index contributed by atoms with van der Waals surface area (Å²) in [5.74, 6) is 0.609. The molecule has 6 nitrogen and oxygen atoms in total. The van der Waals surface area contributed by atoms with Crippen LogP contribution in [-0.4, -0.2) is 16.8 Å². The number of thiophene rings is 1. The number of hydrogen-bond acceptors (Lipinski definition) is 5. The molecule has 5 N–H and O–H groups in total. The molecule has 0 radical (unpaired) electrons. The van der Waals surface area contributed by atoms with E-state index >= 15 is 0 Å². The number of primary amides is 1. The molecule has 2 aliphatic carbocycles. The number of nitrogens with two attached hydrogens (primary N) is 2. The molecular formula is C30H36N4O2S. The predicted molar refractivity (Wildman–Crippen MR) is 150 cm³/mol. The number of carbonyl (C=O) groups excluding carboxylic acids is 2. The highest BCUT2D eigenvalue weighted by Gasteiger charge is 2.54. The first-order valence-electron chi connectivity index (χ1n) is 13.2. The number of benzene rings is 1. The topological polar surface area (TPSA) is 111 Å². The second kappa shape index (κ2) is 10.0. The molecule has 0 unspecified atom stereocenters. The molecule has 3 aromatic rings. The summed E-state index contributed by atoms with van der Waals surface area (Å²) < 4.78 is 0. The van der Waals surface area contributed by atoms with E-state index in [0.29, 0.717) is 23.9 Å². The predicted octanol–water partition coefficient (Wildman–Crippen LogP) is 6.07. The second-order valence-corrected chi connectivity index (χ2v) is 12.2. The molecule has 2 saturated carbocycles. The van der Waals surface area contributed by atoms with Crippen LogP contribution < -0.4 is 16.8 Å². The van der Waals surface area contributed by atoms with Crippen LogP contribution in [0.4, 0.5) is 5.69 Å². The van der Waals surface area contributed by atoms with Crippen molar-refractivity contribution < 1.29 is 9.59 Å². The van der Waals surface area contributed by atoms with E-state index < -0.39 is 5.54 Å². The molecule has 0 spiro atoms. The Labute approximate surface area is 222 Å². The Balaban J connectivity index is 1.27. The number of nitrogens with one attached hydrogen (secondary N) is 1. The lowest BCUT2D eigenvalue weighted by atomic mass is 9.73. The minimum atomic E-state index is -0.406. The highest BCUT2D eigenvalue weighted by molar-refractivity contribution is 7.08. The van der Waals surface area contributed by atoms with Crippen molar-refractivity contribution in [3.63, 3.8) is 0 Å². The summed E-state index contributed by atoms with van der Waals surface area (Å²) in [5.41, 5.74) is 17.0. The highest BCUT2D eigenvalue weighted by Crippen LogP contribution is 2.56. The number of anilines is 1. The molecule has 0 atom stereocenters. The van der Waals surface area contributed by atoms with Gasteiger partial charge in [0.25, 0.3) is 0 Å². The van der Waals surface area contributed by atoms with Crippen LogP contribution in [0.25, 0.3) is 22.4 Å². The van der Waals surface area contributed by atoms with Gasteiger partial charge in [0.05, 0.1) is 23.0 Å². The first kappa shape index (κ1) is 25.6. The zero-order valence-corrected chi connectivity index (χ0v) is 22.4. The van der Waals surface area contributed by atoms with Gasteiger partial charge >= 0.3 is 0 Å². The average molecular weight is 517 g/mol. The van der Waals surface area contributed by atoms with Crippen molar-refractivity contribution in [1.29, 1.82) is 0 Å². The average Bonchev–Trinajstić information content (AvgIpc) is 3.51. The van der Waals surface area contributed by atoms with Crippen LogP contribution in [0.5, 0.6) is 0 Å². The van der Waals surface area contributed by atoms with Crippen molar-refractivity contribution in [3.8, 4) is 22.4 Å². The smallest absolute Gasteiger partial charge is 0.224 e. The molecule has 2 aromatic heterocycles. The Morgan fingerprint density at radius 3 is 2.35 bits per heavy atom. The number of hydrogen-bond donors (Lipinski definition) is 3. The Morgan fingerprint density at radius 1 is 1.08 bits per heavy atom. The molecule has 1 aromatic carbocycles. The van der Waals surface area contributed by atoms with E-state index in [2.05, 4.69) is 28.9 Å². The third-order valence-electron chi connectivity index (χ3n) is 8.29. The van der Waals surface area contributed by atoms with Crippen LogP contribution in [0.3, 0.4) is 0 Å². The monoisotopic (exact) mass is 516 g/mol. The Morgan fingerprint density at radius 2 is 1.78 bits per heavy atom. The molecule has 0 saturated heterocycles. The van der Waals surface area contributed by atoms with E-state index in [-0.39, 0.29) is 17.2 Å². The van der Waals surface area contributed by atoms with Gasteiger partial charge in [0.1, 0.15) is 0 Å². The van der Waals surface area contributed by atoms with Crippen molar-refractivity contribution >= 4 is 28.8 Å². The van der Waals surface area contributed by atoms with E-state index in [1.807, 2.05) is 37.4 Å². The Kier molecular flexibility index (Phi) is 6.94. The van der Waals surface area contributed by atoms with Crippen molar-refractivity contribution in [2.45, 2.75) is 64.3 Å². The molecule has 2 heterocycles. The Hall–Kier alpha value is -3.03. The maximum atomic E-state index is 12.9. The third-order valence-corrected chi connectivity index (χ3v) is 8.97. The summed E-state index contributed by atoms with van der Waals surface area (Å²) in [6.07, 6.45) is 8.01. The Bertz CT molecular complexity index is 1270. The standard InChI is InChI=1S/C30H36N4O2S/c1-29(2,32)22-9-5-20(6-10-22)27-25(21-11-14-37-18-21)16-24(17-33-27)34-26(35)15-19-3-7-23(8-4-19)30(12-13-30)28(31)36/h5-6,9-11,14,16-19,23H,3-4,7-8,12-13,15,32H2,1-2H3,(H2,31,36)(H,34,35). The maximum Gasteiger partial charge on any atom is 0.224 e. The van der Waals surface area contributed by atoms with Gasteiger partial charge in [-0.3, -0.25) is 14.6 Å². The van der Waals surface area contributed by atoms with Gasteiger partial charge in [0, 0.05) is 23.1 Å². The van der Waals surface area contributed by atoms with E-state index in [9.17, 15) is 9.59 Å². The van der Waals surface area contributed by atoms with Crippen LogP contribution in [-0.2, 0) is 15.1 Å². The number of aromatic nitrogens is 1. The third kappa shape index (κ3) is 5.48. The minimum Gasteiger partial charge on any atom is -0.369 e. The molecule has 2 fully saturated rings. The molecule has 5 rings (SSSR count). The van der Waals surface area contributed by atoms with Gasteiger partial charge in [0.2, 0.25) is 11.8 Å². The van der Waals surface area contributed by atoms with Crippen molar-refractivity contribution in [3.05, 3.63) is 58.9 Å². The van der Waals surface area contributed by atoms with Crippen LogP contribution >= 0.6 is 11.3 Å². The van der Waals surface area contributed by atoms with Crippen molar-refractivity contribution in [2.24, 2.45) is 28.7 Å². The SMILES string of the molecule is CC(C)(N)c1ccc(-c2ncc(NC(=O)CC3CCC(C4(C(N)=O)CC4)CC3)cc2-c2ccsc2)cc1. The van der Waals surface area contributed by atoms with Gasteiger partial charge in [0.15, 0.2) is 0 Å². The fraction of sp³-hybridized carbons (Fsp3) is 0.433. The maximum absolute atomic E-state index is 12.9. The summed E-state index contributed by atoms with van der Waals surface area (Å²) >= 11 is 1.63. The molecular weight excluding hydrogens is 480 g/mol. The van der Waals surface area contributed by atoms with E-state index in [0.717, 1.165) is 66.5 Å². The van der Waals surface area contributed by atoms with Crippen LogP contribution in [0.15, 0.2) is 53.4 Å². The van der Waals surface area contributed by atoms with Crippen molar-refractivity contribution in [1.82, 2.24) is 4.98 Å². The molecule has 2 aliphatic rings. The first-order chi connectivity index (χ1) is 17.7. The lowest BCUT2D eigenvalue weighted by Gasteiger charge is -2.32. The molecule has 194 valence electrons. The van der Waals surface area contributed by atoms with Gasteiger partial charge in [-0.2, -0.15) is 11.3 Å².